The second kappa shape index (κ2) is 8.19. The summed E-state index contributed by atoms with van der Waals surface area (Å²) in [5.74, 6) is 1.79. The molecule has 4 heterocycles. The van der Waals surface area contributed by atoms with E-state index in [1.165, 1.54) is 0 Å². The Kier molecular flexibility index (Phi) is 5.22. The van der Waals surface area contributed by atoms with Crippen LogP contribution in [-0.2, 0) is 11.3 Å². The van der Waals surface area contributed by atoms with E-state index in [9.17, 15) is 4.79 Å². The molecule has 0 radical (unpaired) electrons. The molecule has 2 aliphatic rings. The number of benzene rings is 1. The molecule has 1 aromatic carbocycles. The number of nitrogens with zero attached hydrogens (tertiary/aromatic N) is 6. The maximum atomic E-state index is 12.1. The minimum absolute atomic E-state index is 0. The highest BCUT2D eigenvalue weighted by Crippen LogP contribution is 2.35. The summed E-state index contributed by atoms with van der Waals surface area (Å²) in [6.45, 7) is 4.14. The zero-order valence-electron chi connectivity index (χ0n) is 18.2. The van der Waals surface area contributed by atoms with E-state index in [-0.39, 0.29) is 35.4 Å². The number of carbonyl (C=O) groups excluding carboxylic acids is 1. The number of hydrogen-bond donors (Lipinski definition) is 2. The summed E-state index contributed by atoms with van der Waals surface area (Å²) in [6.07, 6.45) is 3.15. The normalized spacial score (nSPS) is 19.7. The van der Waals surface area contributed by atoms with Crippen LogP contribution in [0.3, 0.4) is 0 Å². The highest BCUT2D eigenvalue weighted by atomic mass is 16.4. The summed E-state index contributed by atoms with van der Waals surface area (Å²) in [5.41, 5.74) is 8.46. The average molecular weight is 443 g/mol. The SMILES string of the molecule is CCC(=O)N1CC2C[C@H]1CN2c1cnc(N)c(-c2nnc(-c3ccc(CNC)cc3)o2)n1.[HH].[HH].[HH].[HH]. The maximum Gasteiger partial charge on any atom is 0.270 e. The van der Waals surface area contributed by atoms with Crippen molar-refractivity contribution < 1.29 is 14.9 Å². The largest absolute Gasteiger partial charge is 0.414 e. The first-order valence-electron chi connectivity index (χ1n) is 10.8. The van der Waals surface area contributed by atoms with Gasteiger partial charge in [-0.3, -0.25) is 4.79 Å². The Balaban J connectivity index is 0.00000162. The van der Waals surface area contributed by atoms with Gasteiger partial charge in [-0.25, -0.2) is 9.97 Å². The summed E-state index contributed by atoms with van der Waals surface area (Å²) < 4.78 is 5.89. The number of aromatic nitrogens is 4. The molecule has 32 heavy (non-hydrogen) atoms. The molecule has 2 aliphatic heterocycles. The third-order valence-corrected chi connectivity index (χ3v) is 6.16. The van der Waals surface area contributed by atoms with Crippen molar-refractivity contribution in [2.24, 2.45) is 0 Å². The minimum atomic E-state index is 0. The summed E-state index contributed by atoms with van der Waals surface area (Å²) >= 11 is 0. The monoisotopic (exact) mass is 442 g/mol. The Morgan fingerprint density at radius 3 is 2.69 bits per heavy atom. The van der Waals surface area contributed by atoms with Crippen molar-refractivity contribution in [3.8, 4) is 23.0 Å². The van der Waals surface area contributed by atoms with Gasteiger partial charge in [-0.2, -0.15) is 0 Å². The lowest BCUT2D eigenvalue weighted by molar-refractivity contribution is -0.131. The van der Waals surface area contributed by atoms with Crippen LogP contribution in [0.15, 0.2) is 34.9 Å². The Hall–Kier alpha value is -3.53. The van der Waals surface area contributed by atoms with Crippen molar-refractivity contribution in [1.82, 2.24) is 30.4 Å². The van der Waals surface area contributed by atoms with Crippen molar-refractivity contribution in [1.29, 1.82) is 0 Å². The highest BCUT2D eigenvalue weighted by Gasteiger charge is 2.45. The van der Waals surface area contributed by atoms with Gasteiger partial charge in [0.2, 0.25) is 11.8 Å². The fraction of sp³-hybridized carbons (Fsp3) is 0.409. The van der Waals surface area contributed by atoms with E-state index in [2.05, 4.69) is 25.4 Å². The minimum Gasteiger partial charge on any atom is -0.414 e. The third kappa shape index (κ3) is 3.56. The standard InChI is InChI=1S/C22H26N8O2.4H2/c1-3-18(31)30-12-15-8-16(30)11-29(15)17-10-25-20(23)19(26-17)22-28-27-21(32-22)14-6-4-13(5-7-14)9-24-2;;;;/h4-7,10,15-16,24H,3,8-9,11-12H2,1-2H3,(H2,23,25);4*1H/t15?,16-;;;;/m0..../s1. The van der Waals surface area contributed by atoms with Crippen LogP contribution in [0.4, 0.5) is 11.6 Å². The lowest BCUT2D eigenvalue weighted by Gasteiger charge is -2.34. The molecule has 3 aromatic rings. The average Bonchev–Trinajstić information content (AvgIpc) is 3.56. The molecule has 2 bridgehead atoms. The van der Waals surface area contributed by atoms with Crippen molar-refractivity contribution >= 4 is 17.5 Å². The molecule has 10 heteroatoms. The molecular formula is C22H34N8O2. The Labute approximate surface area is 191 Å². The van der Waals surface area contributed by atoms with E-state index in [0.717, 1.165) is 30.6 Å². The summed E-state index contributed by atoms with van der Waals surface area (Å²) in [5, 5.41) is 11.5. The van der Waals surface area contributed by atoms with Crippen molar-refractivity contribution in [3.05, 3.63) is 36.0 Å². The number of nitrogens with two attached hydrogens (primary N) is 1. The van der Waals surface area contributed by atoms with Gasteiger partial charge in [0.15, 0.2) is 11.5 Å². The van der Waals surface area contributed by atoms with Gasteiger partial charge in [0.25, 0.3) is 5.89 Å². The smallest absolute Gasteiger partial charge is 0.270 e. The second-order valence-corrected chi connectivity index (χ2v) is 8.20. The molecule has 2 saturated heterocycles. The van der Waals surface area contributed by atoms with Crippen LogP contribution >= 0.6 is 0 Å². The quantitative estimate of drug-likeness (QED) is 0.592. The molecular weight excluding hydrogens is 408 g/mol. The van der Waals surface area contributed by atoms with E-state index >= 15 is 0 Å². The lowest BCUT2D eigenvalue weighted by Crippen LogP contribution is -2.49. The fourth-order valence-corrected chi connectivity index (χ4v) is 4.55. The van der Waals surface area contributed by atoms with E-state index in [1.54, 1.807) is 6.20 Å². The molecule has 2 fully saturated rings. The molecule has 174 valence electrons. The van der Waals surface area contributed by atoms with Gasteiger partial charge in [0.1, 0.15) is 5.82 Å². The first kappa shape index (κ1) is 20.4. The summed E-state index contributed by atoms with van der Waals surface area (Å²) in [6, 6.07) is 8.37. The topological polar surface area (TPSA) is 126 Å². The second-order valence-electron chi connectivity index (χ2n) is 8.20. The number of hydrogen-bond acceptors (Lipinski definition) is 9. The number of nitrogens with one attached hydrogen (secondary N) is 1. The molecule has 0 aliphatic carbocycles. The first-order chi connectivity index (χ1) is 15.6. The molecule has 10 nitrogen and oxygen atoms in total. The van der Waals surface area contributed by atoms with E-state index in [4.69, 9.17) is 15.1 Å². The van der Waals surface area contributed by atoms with Crippen LogP contribution in [0, 0.1) is 0 Å². The van der Waals surface area contributed by atoms with Crippen molar-refractivity contribution in [2.75, 3.05) is 30.8 Å². The molecule has 1 unspecified atom stereocenters. The number of piperazine rings is 1. The van der Waals surface area contributed by atoms with Crippen LogP contribution in [0.1, 0.15) is 31.0 Å². The van der Waals surface area contributed by atoms with Gasteiger partial charge in [-0.15, -0.1) is 10.2 Å². The van der Waals surface area contributed by atoms with Gasteiger partial charge in [-0.1, -0.05) is 19.1 Å². The molecule has 1 amide bonds. The zero-order chi connectivity index (χ0) is 22.2. The van der Waals surface area contributed by atoms with Crippen molar-refractivity contribution in [2.45, 2.75) is 38.4 Å². The van der Waals surface area contributed by atoms with Crippen LogP contribution in [0.5, 0.6) is 0 Å². The first-order valence-corrected chi connectivity index (χ1v) is 10.8. The number of fused-ring (bicyclic) bond motifs is 2. The lowest BCUT2D eigenvalue weighted by atomic mass is 10.1. The van der Waals surface area contributed by atoms with E-state index in [0.29, 0.717) is 30.4 Å². The maximum absolute atomic E-state index is 12.1. The van der Waals surface area contributed by atoms with Crippen LogP contribution < -0.4 is 16.0 Å². The molecule has 5 rings (SSSR count). The van der Waals surface area contributed by atoms with Crippen LogP contribution in [-0.4, -0.2) is 63.2 Å². The molecule has 0 spiro atoms. The van der Waals surface area contributed by atoms with Gasteiger partial charge in [0, 0.05) is 37.3 Å². The molecule has 2 atom stereocenters. The molecule has 0 saturated carbocycles. The molecule has 2 aromatic heterocycles. The Morgan fingerprint density at radius 1 is 1.22 bits per heavy atom. The number of nitrogen functional groups attached to an aromatic ring is 1. The van der Waals surface area contributed by atoms with Crippen LogP contribution in [0.2, 0.25) is 0 Å². The zero-order valence-corrected chi connectivity index (χ0v) is 18.2. The van der Waals surface area contributed by atoms with E-state index < -0.39 is 0 Å². The number of anilines is 2. The number of likely N-dealkylation sites (tertiary alicyclic amines) is 1. The summed E-state index contributed by atoms with van der Waals surface area (Å²) in [7, 11) is 1.91. The predicted molar refractivity (Wildman–Crippen MR) is 128 cm³/mol. The van der Waals surface area contributed by atoms with Gasteiger partial charge >= 0.3 is 0 Å². The Bertz CT molecular complexity index is 1150. The molecule has 3 N–H and O–H groups in total. The number of amides is 1. The summed E-state index contributed by atoms with van der Waals surface area (Å²) in [4.78, 5) is 25.3. The van der Waals surface area contributed by atoms with Crippen LogP contribution in [0.25, 0.3) is 23.0 Å². The Morgan fingerprint density at radius 2 is 2.00 bits per heavy atom. The van der Waals surface area contributed by atoms with E-state index in [1.807, 2.05) is 43.1 Å². The third-order valence-electron chi connectivity index (χ3n) is 6.16. The fourth-order valence-electron chi connectivity index (χ4n) is 4.55. The van der Waals surface area contributed by atoms with Gasteiger partial charge in [-0.05, 0) is 31.2 Å². The van der Waals surface area contributed by atoms with Gasteiger partial charge in [0.05, 0.1) is 18.3 Å². The highest BCUT2D eigenvalue weighted by molar-refractivity contribution is 5.77. The van der Waals surface area contributed by atoms with Crippen molar-refractivity contribution in [3.63, 3.8) is 0 Å². The number of rotatable bonds is 6. The predicted octanol–water partition coefficient (Wildman–Crippen LogP) is 2.68. The van der Waals surface area contributed by atoms with Gasteiger partial charge < -0.3 is 25.3 Å². The number of carbonyl (C=O) groups is 1.